The van der Waals surface area contributed by atoms with Crippen molar-refractivity contribution in [2.24, 2.45) is 0 Å². The van der Waals surface area contributed by atoms with Crippen molar-refractivity contribution in [3.05, 3.63) is 23.1 Å². The van der Waals surface area contributed by atoms with Crippen LogP contribution < -0.4 is 0 Å². The largest absolute Gasteiger partial charge is 0.478 e. The van der Waals surface area contributed by atoms with Crippen LogP contribution in [0.4, 0.5) is 0 Å². The fourth-order valence-electron chi connectivity index (χ4n) is 0.588. The molecule has 2 nitrogen and oxygen atoms in total. The molecule has 0 amide bonds. The fraction of sp³-hybridized carbons (Fsp3) is 0.167. The average Bonchev–Trinajstić information content (AvgIpc) is 2.13. The molecule has 0 spiro atoms. The number of carboxylic acid groups (broad SMARTS) is 1. The van der Waals surface area contributed by atoms with Gasteiger partial charge in [0.15, 0.2) is 0 Å². The van der Waals surface area contributed by atoms with Crippen LogP contribution in [0.25, 0.3) is 0 Å². The lowest BCUT2D eigenvalue weighted by Crippen LogP contribution is -1.99. The first-order valence-electron chi connectivity index (χ1n) is 2.45. The molecule has 9 heavy (non-hydrogen) atoms. The second-order valence-electron chi connectivity index (χ2n) is 1.75. The molecular weight excluding hydrogens is 136 g/mol. The predicted molar refractivity (Wildman–Crippen MR) is 37.3 cm³/mol. The highest BCUT2D eigenvalue weighted by atomic mass is 32.2. The van der Waals surface area contributed by atoms with Crippen LogP contribution in [0.5, 0.6) is 0 Å². The van der Waals surface area contributed by atoms with Crippen LogP contribution in [0.2, 0.25) is 0 Å². The molecule has 0 unspecified atom stereocenters. The number of thioether (sulfide) groups is 1. The summed E-state index contributed by atoms with van der Waals surface area (Å²) >= 11 is 1.48. The summed E-state index contributed by atoms with van der Waals surface area (Å²) in [6, 6.07) is 0. The maximum atomic E-state index is 10.3. The molecule has 1 aliphatic rings. The second kappa shape index (κ2) is 2.27. The van der Waals surface area contributed by atoms with Gasteiger partial charge in [0.2, 0.25) is 0 Å². The Balaban J connectivity index is 2.80. The summed E-state index contributed by atoms with van der Waals surface area (Å²) in [4.78, 5) is 10.3. The summed E-state index contributed by atoms with van der Waals surface area (Å²) in [6.07, 6.45) is 0. The Hall–Kier alpha value is -0.700. The lowest BCUT2D eigenvalue weighted by Gasteiger charge is -1.92. The highest BCUT2D eigenvalue weighted by Gasteiger charge is 2.15. The SMILES string of the molecule is C=C1CSC=C1C(=O)O. The van der Waals surface area contributed by atoms with E-state index in [9.17, 15) is 4.79 Å². The van der Waals surface area contributed by atoms with Gasteiger partial charge in [-0.3, -0.25) is 0 Å². The number of hydrogen-bond donors (Lipinski definition) is 1. The summed E-state index contributed by atoms with van der Waals surface area (Å²) in [6.45, 7) is 3.59. The van der Waals surface area contributed by atoms with Gasteiger partial charge in [0.25, 0.3) is 0 Å². The first-order chi connectivity index (χ1) is 4.22. The summed E-state index contributed by atoms with van der Waals surface area (Å²) in [5.74, 6) is -0.147. The second-order valence-corrected chi connectivity index (χ2v) is 2.61. The molecule has 1 N–H and O–H groups in total. The molecule has 0 aliphatic carbocycles. The van der Waals surface area contributed by atoms with Crippen LogP contribution in [-0.2, 0) is 4.79 Å². The first-order valence-corrected chi connectivity index (χ1v) is 3.50. The molecule has 1 heterocycles. The smallest absolute Gasteiger partial charge is 0.336 e. The van der Waals surface area contributed by atoms with Gasteiger partial charge in [-0.1, -0.05) is 6.58 Å². The van der Waals surface area contributed by atoms with Crippen molar-refractivity contribution in [1.29, 1.82) is 0 Å². The topological polar surface area (TPSA) is 37.3 Å². The van der Waals surface area contributed by atoms with E-state index < -0.39 is 5.97 Å². The van der Waals surface area contributed by atoms with E-state index in [0.29, 0.717) is 11.1 Å². The normalized spacial score (nSPS) is 17.8. The molecule has 0 bridgehead atoms. The van der Waals surface area contributed by atoms with Crippen LogP contribution in [0.3, 0.4) is 0 Å². The number of aliphatic carboxylic acids is 1. The van der Waals surface area contributed by atoms with E-state index in [1.54, 1.807) is 5.41 Å². The van der Waals surface area contributed by atoms with Crippen molar-refractivity contribution in [1.82, 2.24) is 0 Å². The Kier molecular flexibility index (Phi) is 1.62. The van der Waals surface area contributed by atoms with Crippen LogP contribution in [0.15, 0.2) is 23.1 Å². The van der Waals surface area contributed by atoms with Gasteiger partial charge in [-0.05, 0) is 11.0 Å². The third-order valence-electron chi connectivity index (χ3n) is 1.07. The molecule has 0 fully saturated rings. The molecule has 0 aromatic rings. The van der Waals surface area contributed by atoms with E-state index in [0.717, 1.165) is 5.75 Å². The third kappa shape index (κ3) is 1.16. The molecule has 0 atom stereocenters. The Bertz CT molecular complexity index is 193. The molecule has 1 rings (SSSR count). The van der Waals surface area contributed by atoms with Crippen molar-refractivity contribution in [2.75, 3.05) is 5.75 Å². The Morgan fingerprint density at radius 2 is 2.56 bits per heavy atom. The molecule has 0 saturated carbocycles. The standard InChI is InChI=1S/C6H6O2S/c1-4-2-9-3-5(4)6(7)8/h3H,1-2H2,(H,7,8). The minimum atomic E-state index is -0.870. The van der Waals surface area contributed by atoms with Gasteiger partial charge in [0, 0.05) is 5.75 Å². The fourth-order valence-corrected chi connectivity index (χ4v) is 1.46. The molecule has 0 aromatic heterocycles. The van der Waals surface area contributed by atoms with Gasteiger partial charge in [0.1, 0.15) is 0 Å². The zero-order valence-electron chi connectivity index (χ0n) is 4.76. The van der Waals surface area contributed by atoms with Crippen LogP contribution in [0, 0.1) is 0 Å². The molecule has 0 radical (unpaired) electrons. The molecule has 0 aromatic carbocycles. The van der Waals surface area contributed by atoms with Gasteiger partial charge in [0.05, 0.1) is 5.57 Å². The highest BCUT2D eigenvalue weighted by Crippen LogP contribution is 2.25. The van der Waals surface area contributed by atoms with E-state index in [2.05, 4.69) is 6.58 Å². The van der Waals surface area contributed by atoms with Crippen molar-refractivity contribution in [3.63, 3.8) is 0 Å². The number of carboxylic acids is 1. The quantitative estimate of drug-likeness (QED) is 0.598. The van der Waals surface area contributed by atoms with Crippen LogP contribution in [-0.4, -0.2) is 16.8 Å². The zero-order valence-corrected chi connectivity index (χ0v) is 5.57. The van der Waals surface area contributed by atoms with Crippen LogP contribution in [0.1, 0.15) is 0 Å². The Morgan fingerprint density at radius 1 is 1.89 bits per heavy atom. The Labute approximate surface area is 57.3 Å². The number of hydrogen-bond acceptors (Lipinski definition) is 2. The van der Waals surface area contributed by atoms with Gasteiger partial charge in [-0.25, -0.2) is 4.79 Å². The van der Waals surface area contributed by atoms with E-state index >= 15 is 0 Å². The van der Waals surface area contributed by atoms with Crippen molar-refractivity contribution in [2.45, 2.75) is 0 Å². The molecule has 0 saturated heterocycles. The van der Waals surface area contributed by atoms with Crippen molar-refractivity contribution < 1.29 is 9.90 Å². The summed E-state index contributed by atoms with van der Waals surface area (Å²) < 4.78 is 0. The maximum Gasteiger partial charge on any atom is 0.336 e. The van der Waals surface area contributed by atoms with Crippen molar-refractivity contribution >= 4 is 17.7 Å². The van der Waals surface area contributed by atoms with E-state index in [1.165, 1.54) is 11.8 Å². The highest BCUT2D eigenvalue weighted by molar-refractivity contribution is 8.02. The van der Waals surface area contributed by atoms with Crippen molar-refractivity contribution in [3.8, 4) is 0 Å². The van der Waals surface area contributed by atoms with Crippen LogP contribution >= 0.6 is 11.8 Å². The monoisotopic (exact) mass is 142 g/mol. The van der Waals surface area contributed by atoms with Gasteiger partial charge < -0.3 is 5.11 Å². The lowest BCUT2D eigenvalue weighted by atomic mass is 10.2. The summed E-state index contributed by atoms with van der Waals surface area (Å²) in [5, 5.41) is 10.1. The average molecular weight is 142 g/mol. The molecule has 48 valence electrons. The minimum absolute atomic E-state index is 0.361. The summed E-state index contributed by atoms with van der Waals surface area (Å²) in [7, 11) is 0. The predicted octanol–water partition coefficient (Wildman–Crippen LogP) is 1.26. The van der Waals surface area contributed by atoms with Gasteiger partial charge in [-0.15, -0.1) is 11.8 Å². The first kappa shape index (κ1) is 6.42. The van der Waals surface area contributed by atoms with E-state index in [1.807, 2.05) is 0 Å². The Morgan fingerprint density at radius 3 is 2.78 bits per heavy atom. The van der Waals surface area contributed by atoms with E-state index in [-0.39, 0.29) is 0 Å². The minimum Gasteiger partial charge on any atom is -0.478 e. The third-order valence-corrected chi connectivity index (χ3v) is 1.99. The van der Waals surface area contributed by atoms with Gasteiger partial charge in [-0.2, -0.15) is 0 Å². The lowest BCUT2D eigenvalue weighted by molar-refractivity contribution is -0.132. The molecular formula is C6H6O2S. The molecule has 3 heteroatoms. The number of rotatable bonds is 1. The molecule has 1 aliphatic heterocycles. The summed E-state index contributed by atoms with van der Waals surface area (Å²) in [5.41, 5.74) is 1.08. The van der Waals surface area contributed by atoms with E-state index in [4.69, 9.17) is 5.11 Å². The number of carbonyl (C=O) groups is 1. The van der Waals surface area contributed by atoms with Gasteiger partial charge >= 0.3 is 5.97 Å². The zero-order chi connectivity index (χ0) is 6.85. The maximum absolute atomic E-state index is 10.3.